The van der Waals surface area contributed by atoms with Gasteiger partial charge in [-0.05, 0) is 19.1 Å². The van der Waals surface area contributed by atoms with Crippen LogP contribution in [0.4, 0.5) is 5.82 Å². The van der Waals surface area contributed by atoms with Crippen LogP contribution in [0.5, 0.6) is 0 Å². The smallest absolute Gasteiger partial charge is 0.356 e. The maximum atomic E-state index is 11.5. The lowest BCUT2D eigenvalue weighted by Crippen LogP contribution is -2.34. The van der Waals surface area contributed by atoms with Crippen LogP contribution in [-0.4, -0.2) is 47.3 Å². The van der Waals surface area contributed by atoms with E-state index in [0.717, 1.165) is 0 Å². The number of rotatable bonds is 5. The molecule has 0 saturated carbocycles. The number of hydrogen-bond donors (Lipinski definition) is 1. The van der Waals surface area contributed by atoms with E-state index in [9.17, 15) is 9.90 Å². The highest BCUT2D eigenvalue weighted by molar-refractivity contribution is 5.93. The first kappa shape index (κ1) is 13.4. The molecule has 6 nitrogen and oxygen atoms in total. The minimum absolute atomic E-state index is 0.0352. The van der Waals surface area contributed by atoms with Gasteiger partial charge < -0.3 is 14.7 Å². The maximum Gasteiger partial charge on any atom is 0.356 e. The molecule has 19 heavy (non-hydrogen) atoms. The topological polar surface area (TPSA) is 67.1 Å². The minimum atomic E-state index is -0.995. The van der Waals surface area contributed by atoms with Gasteiger partial charge in [0.1, 0.15) is 5.65 Å². The van der Waals surface area contributed by atoms with Crippen molar-refractivity contribution >= 4 is 17.4 Å². The van der Waals surface area contributed by atoms with Gasteiger partial charge in [-0.15, -0.1) is 0 Å². The normalized spacial score (nSPS) is 12.6. The summed E-state index contributed by atoms with van der Waals surface area (Å²) in [6.45, 7) is 2.46. The molecule has 0 aliphatic rings. The number of imidazole rings is 1. The van der Waals surface area contributed by atoms with Crippen molar-refractivity contribution < 1.29 is 14.6 Å². The van der Waals surface area contributed by atoms with Gasteiger partial charge in [0.15, 0.2) is 11.5 Å². The van der Waals surface area contributed by atoms with E-state index in [1.54, 1.807) is 29.8 Å². The van der Waals surface area contributed by atoms with E-state index >= 15 is 0 Å². The molecule has 102 valence electrons. The van der Waals surface area contributed by atoms with E-state index in [0.29, 0.717) is 18.1 Å². The molecule has 2 aromatic rings. The van der Waals surface area contributed by atoms with Crippen LogP contribution in [0.2, 0.25) is 0 Å². The highest BCUT2D eigenvalue weighted by Gasteiger charge is 2.23. The number of ether oxygens (including phenoxy) is 1. The van der Waals surface area contributed by atoms with Crippen molar-refractivity contribution in [1.29, 1.82) is 0 Å². The van der Waals surface area contributed by atoms with Crippen LogP contribution < -0.4 is 4.90 Å². The zero-order valence-electron chi connectivity index (χ0n) is 11.2. The number of aromatic carboxylic acids is 1. The first-order valence-corrected chi connectivity index (χ1v) is 5.98. The van der Waals surface area contributed by atoms with Crippen molar-refractivity contribution in [2.24, 2.45) is 0 Å². The lowest BCUT2D eigenvalue weighted by Gasteiger charge is -2.24. The summed E-state index contributed by atoms with van der Waals surface area (Å²) in [5, 5.41) is 9.39. The summed E-state index contributed by atoms with van der Waals surface area (Å²) in [6.07, 6.45) is 1.70. The van der Waals surface area contributed by atoms with Gasteiger partial charge >= 0.3 is 5.97 Å². The van der Waals surface area contributed by atoms with Crippen LogP contribution in [0.3, 0.4) is 0 Å². The van der Waals surface area contributed by atoms with Gasteiger partial charge in [-0.25, -0.2) is 9.78 Å². The molecule has 0 aliphatic carbocycles. The first-order valence-electron chi connectivity index (χ1n) is 5.98. The number of carboxylic acids is 1. The van der Waals surface area contributed by atoms with E-state index in [-0.39, 0.29) is 11.7 Å². The molecule has 0 radical (unpaired) electrons. The number of anilines is 1. The first-order chi connectivity index (χ1) is 9.06. The number of nitrogens with zero attached hydrogens (tertiary/aromatic N) is 3. The number of methoxy groups -OCH3 is 1. The summed E-state index contributed by atoms with van der Waals surface area (Å²) >= 11 is 0. The molecular weight excluding hydrogens is 246 g/mol. The maximum absolute atomic E-state index is 11.5. The molecule has 0 fully saturated rings. The molecular formula is C13H17N3O3. The molecule has 0 aliphatic heterocycles. The average molecular weight is 263 g/mol. The van der Waals surface area contributed by atoms with Crippen LogP contribution in [0, 0.1) is 0 Å². The molecule has 2 heterocycles. The zero-order valence-corrected chi connectivity index (χ0v) is 11.2. The quantitative estimate of drug-likeness (QED) is 0.885. The summed E-state index contributed by atoms with van der Waals surface area (Å²) in [6, 6.07) is 5.43. The lowest BCUT2D eigenvalue weighted by molar-refractivity contribution is 0.0690. The monoisotopic (exact) mass is 263 g/mol. The lowest BCUT2D eigenvalue weighted by atomic mass is 10.3. The molecule has 2 rings (SSSR count). The average Bonchev–Trinajstić information content (AvgIpc) is 2.77. The van der Waals surface area contributed by atoms with E-state index in [1.807, 2.05) is 24.9 Å². The SMILES string of the molecule is COCC(C)N(C)c1nc2ccccn2c1C(=O)O. The summed E-state index contributed by atoms with van der Waals surface area (Å²) in [7, 11) is 3.43. The van der Waals surface area contributed by atoms with Gasteiger partial charge in [-0.3, -0.25) is 4.40 Å². The number of pyridine rings is 1. The number of fused-ring (bicyclic) bond motifs is 1. The predicted octanol–water partition coefficient (Wildman–Crippen LogP) is 1.50. The standard InChI is InChI=1S/C13H17N3O3/c1-9(8-19-3)15(2)12-11(13(17)18)16-7-5-4-6-10(16)14-12/h4-7,9H,8H2,1-3H3,(H,17,18). The van der Waals surface area contributed by atoms with Gasteiger partial charge in [0.25, 0.3) is 0 Å². The number of aromatic nitrogens is 2. The molecule has 1 N–H and O–H groups in total. The molecule has 0 saturated heterocycles. The van der Waals surface area contributed by atoms with E-state index in [1.165, 1.54) is 0 Å². The minimum Gasteiger partial charge on any atom is -0.476 e. The molecule has 0 aromatic carbocycles. The molecule has 1 unspecified atom stereocenters. The Kier molecular flexibility index (Phi) is 3.71. The highest BCUT2D eigenvalue weighted by Crippen LogP contribution is 2.22. The Morgan fingerprint density at radius 1 is 1.58 bits per heavy atom. The van der Waals surface area contributed by atoms with Gasteiger partial charge in [0.05, 0.1) is 12.6 Å². The van der Waals surface area contributed by atoms with Crippen LogP contribution >= 0.6 is 0 Å². The van der Waals surface area contributed by atoms with Crippen molar-refractivity contribution in [3.8, 4) is 0 Å². The van der Waals surface area contributed by atoms with E-state index in [2.05, 4.69) is 4.98 Å². The summed E-state index contributed by atoms with van der Waals surface area (Å²) in [5.41, 5.74) is 0.785. The third kappa shape index (κ3) is 2.39. The fourth-order valence-electron chi connectivity index (χ4n) is 1.99. The van der Waals surface area contributed by atoms with E-state index in [4.69, 9.17) is 4.74 Å². The summed E-state index contributed by atoms with van der Waals surface area (Å²) in [4.78, 5) is 17.7. The molecule has 0 bridgehead atoms. The Morgan fingerprint density at radius 3 is 2.95 bits per heavy atom. The third-order valence-electron chi connectivity index (χ3n) is 3.12. The Hall–Kier alpha value is -2.08. The molecule has 0 amide bonds. The van der Waals surface area contributed by atoms with Crippen molar-refractivity contribution in [2.45, 2.75) is 13.0 Å². The Morgan fingerprint density at radius 2 is 2.32 bits per heavy atom. The molecule has 6 heteroatoms. The second-order valence-electron chi connectivity index (χ2n) is 4.43. The van der Waals surface area contributed by atoms with Crippen LogP contribution in [0.1, 0.15) is 17.4 Å². The van der Waals surface area contributed by atoms with Crippen LogP contribution in [-0.2, 0) is 4.74 Å². The highest BCUT2D eigenvalue weighted by atomic mass is 16.5. The van der Waals surface area contributed by atoms with Crippen molar-refractivity contribution in [1.82, 2.24) is 9.38 Å². The van der Waals surface area contributed by atoms with Crippen LogP contribution in [0.25, 0.3) is 5.65 Å². The Bertz CT molecular complexity index is 594. The number of likely N-dealkylation sites (N-methyl/N-ethyl adjacent to an activating group) is 1. The number of carbonyl (C=O) groups is 1. The Balaban J connectivity index is 2.53. The molecule has 0 spiro atoms. The largest absolute Gasteiger partial charge is 0.476 e. The van der Waals surface area contributed by atoms with Gasteiger partial charge in [-0.2, -0.15) is 0 Å². The second-order valence-corrected chi connectivity index (χ2v) is 4.43. The van der Waals surface area contributed by atoms with Crippen molar-refractivity contribution in [3.63, 3.8) is 0 Å². The third-order valence-corrected chi connectivity index (χ3v) is 3.12. The van der Waals surface area contributed by atoms with Crippen molar-refractivity contribution in [2.75, 3.05) is 25.7 Å². The molecule has 2 aromatic heterocycles. The summed E-state index contributed by atoms with van der Waals surface area (Å²) in [5.74, 6) is -0.548. The second kappa shape index (κ2) is 5.27. The van der Waals surface area contributed by atoms with Gasteiger partial charge in [-0.1, -0.05) is 6.07 Å². The van der Waals surface area contributed by atoms with Crippen molar-refractivity contribution in [3.05, 3.63) is 30.1 Å². The van der Waals surface area contributed by atoms with Gasteiger partial charge in [0, 0.05) is 20.4 Å². The predicted molar refractivity (Wildman–Crippen MR) is 71.9 cm³/mol. The summed E-state index contributed by atoms with van der Waals surface area (Å²) < 4.78 is 6.67. The van der Waals surface area contributed by atoms with E-state index < -0.39 is 5.97 Å². The Labute approximate surface area is 111 Å². The zero-order chi connectivity index (χ0) is 14.0. The number of hydrogen-bond acceptors (Lipinski definition) is 4. The van der Waals surface area contributed by atoms with Gasteiger partial charge in [0.2, 0.25) is 0 Å². The molecule has 1 atom stereocenters. The van der Waals surface area contributed by atoms with Crippen LogP contribution in [0.15, 0.2) is 24.4 Å². The fraction of sp³-hybridized carbons (Fsp3) is 0.385. The number of carboxylic acid groups (broad SMARTS) is 1. The fourth-order valence-corrected chi connectivity index (χ4v) is 1.99.